The first kappa shape index (κ1) is 66.9. The Labute approximate surface area is 510 Å². The molecule has 7 rings (SSSR count). The number of carbonyl (C=O) groups is 6. The van der Waals surface area contributed by atoms with E-state index >= 15 is 0 Å². The minimum Gasteiger partial charge on any atom is -0.391 e. The number of thiazole rings is 1. The number of carbonyl (C=O) groups excluding carboxylic acids is 6. The zero-order chi connectivity index (χ0) is 61.1. The van der Waals surface area contributed by atoms with Crippen molar-refractivity contribution in [2.75, 3.05) is 123 Å². The molecule has 4 aromatic rings. The number of nitrogens with one attached hydrogen (secondary N) is 3. The quantitative estimate of drug-likeness (QED) is 0.0331. The molecule has 2 aromatic heterocycles. The van der Waals surface area contributed by atoms with Gasteiger partial charge in [0.05, 0.1) is 94.7 Å². The van der Waals surface area contributed by atoms with Gasteiger partial charge in [0.15, 0.2) is 0 Å². The highest BCUT2D eigenvalue weighted by Gasteiger charge is 2.44. The zero-order valence-corrected chi connectivity index (χ0v) is 51.4. The van der Waals surface area contributed by atoms with Gasteiger partial charge in [-0.3, -0.25) is 33.8 Å². The number of aryl methyl sites for hydroxylation is 1. The van der Waals surface area contributed by atoms with Crippen molar-refractivity contribution in [3.8, 4) is 10.4 Å². The Morgan fingerprint density at radius 2 is 1.40 bits per heavy atom. The third kappa shape index (κ3) is 21.9. The number of rotatable bonds is 33. The topological polar surface area (TPSA) is 244 Å². The lowest BCUT2D eigenvalue weighted by molar-refractivity contribution is -0.144. The molecule has 0 bridgehead atoms. The molecule has 22 heteroatoms. The number of benzene rings is 2. The highest BCUT2D eigenvalue weighted by atomic mass is 32.1. The van der Waals surface area contributed by atoms with Crippen molar-refractivity contribution in [2.24, 2.45) is 11.3 Å². The lowest BCUT2D eigenvalue weighted by Crippen LogP contribution is -2.57. The number of aliphatic hydroxyl groups is 1. The van der Waals surface area contributed by atoms with E-state index in [9.17, 15) is 33.9 Å². The van der Waals surface area contributed by atoms with Crippen LogP contribution in [0.15, 0.2) is 84.6 Å². The summed E-state index contributed by atoms with van der Waals surface area (Å²) >= 11 is 1.57. The van der Waals surface area contributed by atoms with E-state index in [0.717, 1.165) is 78.1 Å². The Morgan fingerprint density at radius 1 is 0.756 bits per heavy atom. The van der Waals surface area contributed by atoms with Crippen LogP contribution in [0.25, 0.3) is 16.5 Å². The van der Waals surface area contributed by atoms with Crippen LogP contribution >= 0.6 is 11.3 Å². The first-order chi connectivity index (χ1) is 41.6. The van der Waals surface area contributed by atoms with Crippen molar-refractivity contribution in [3.63, 3.8) is 0 Å². The first-order valence-corrected chi connectivity index (χ1v) is 31.2. The van der Waals surface area contributed by atoms with Gasteiger partial charge in [0.2, 0.25) is 29.5 Å². The molecule has 6 amide bonds. The number of amides is 6. The molecule has 21 nitrogen and oxygen atoms in total. The molecule has 3 aliphatic heterocycles. The van der Waals surface area contributed by atoms with E-state index in [-0.39, 0.29) is 68.7 Å². The maximum absolute atomic E-state index is 14.0. The Kier molecular flexibility index (Phi) is 27.4. The molecule has 4 N–H and O–H groups in total. The molecule has 3 atom stereocenters. The second-order valence-corrected chi connectivity index (χ2v) is 23.9. The number of anilines is 1. The minimum atomic E-state index is -0.936. The summed E-state index contributed by atoms with van der Waals surface area (Å²) in [6, 6.07) is 17.6. The summed E-state index contributed by atoms with van der Waals surface area (Å²) in [6.45, 7) is 15.8. The number of piperidine rings is 1. The van der Waals surface area contributed by atoms with Gasteiger partial charge in [0.25, 0.3) is 5.91 Å². The first-order valence-electron chi connectivity index (χ1n) is 30.3. The molecule has 0 aliphatic carbocycles. The Balaban J connectivity index is 0.642. The fraction of sp³-hybridized carbons (Fsp3) is 0.562. The second kappa shape index (κ2) is 35.2. The van der Waals surface area contributed by atoms with Gasteiger partial charge in [-0.15, -0.1) is 11.3 Å². The molecule has 0 radical (unpaired) electrons. The fourth-order valence-corrected chi connectivity index (χ4v) is 11.4. The molecule has 5 heterocycles. The maximum Gasteiger partial charge on any atom is 0.253 e. The Bertz CT molecular complexity index is 2760. The molecule has 3 aliphatic rings. The number of aliphatic hydroxyl groups excluding tert-OH is 1. The van der Waals surface area contributed by atoms with Crippen LogP contribution in [-0.4, -0.2) is 202 Å². The molecule has 0 spiro atoms. The van der Waals surface area contributed by atoms with E-state index in [2.05, 4.69) is 30.8 Å². The van der Waals surface area contributed by atoms with Crippen molar-refractivity contribution in [1.29, 1.82) is 0 Å². The summed E-state index contributed by atoms with van der Waals surface area (Å²) in [6.07, 6.45) is 11.3. The summed E-state index contributed by atoms with van der Waals surface area (Å²) < 4.78 is 28.1. The predicted octanol–water partition coefficient (Wildman–Crippen LogP) is 5.69. The number of pyridine rings is 1. The molecule has 0 saturated carbocycles. The molecule has 3 saturated heterocycles. The van der Waals surface area contributed by atoms with Crippen molar-refractivity contribution < 1.29 is 57.6 Å². The SMILES string of the molecule is Cc1ncsc1-c1ccc(CNC(=O)[C@@H]2C[C@@H](O)CN2C(=O)[C@@H](NC(=O)CCOCCOCCOCCOCCOCCC(=O)N2CCN(c3ccc(C(=O)N4CCC(CCCCNC(=O)/C=C/c5cccnc5)CC4)cc3)CC2)C(C)(C)C)cc1. The number of likely N-dealkylation sites (tertiary alicyclic amines) is 2. The highest BCUT2D eigenvalue weighted by molar-refractivity contribution is 7.13. The van der Waals surface area contributed by atoms with Crippen LogP contribution in [0.1, 0.15) is 99.3 Å². The third-order valence-corrected chi connectivity index (χ3v) is 16.6. The minimum absolute atomic E-state index is 0.0104. The Hall–Kier alpha value is -6.66. The predicted molar refractivity (Wildman–Crippen MR) is 329 cm³/mol. The normalized spacial score (nSPS) is 17.0. The molecule has 86 heavy (non-hydrogen) atoms. The van der Waals surface area contributed by atoms with Gasteiger partial charge in [0.1, 0.15) is 12.1 Å². The van der Waals surface area contributed by atoms with Crippen LogP contribution < -0.4 is 20.9 Å². The average Bonchev–Trinajstić information content (AvgIpc) is 3.81. The van der Waals surface area contributed by atoms with E-state index in [0.29, 0.717) is 103 Å². The standard InChI is InChI=1S/C64H89N9O12S/c1-47-59(86-46-68-47)51-13-10-50(11-14-51)44-67-61(78)55-42-54(74)45-73(55)63(80)60(64(2,3)4)69-57(76)22-32-81-34-36-83-38-40-85-41-39-84-37-35-82-33-23-58(77)71-30-28-70(29-31-71)53-17-15-52(16-18-53)62(79)72-26-20-48(21-27-72)8-5-6-25-66-56(75)19-12-49-9-7-24-65-43-49/h7,9-19,24,43,46,48,54-55,60,74H,5-6,8,20-23,25-42,44-45H2,1-4H3,(H,66,75)(H,67,78)(H,69,76)/b19-12+/t54-,55+,60-/m1/s1. The molecule has 3 fully saturated rings. The van der Waals surface area contributed by atoms with Crippen molar-refractivity contribution in [1.82, 2.24) is 40.6 Å². The van der Waals surface area contributed by atoms with E-state index in [1.165, 1.54) is 4.90 Å². The molecule has 0 unspecified atom stereocenters. The summed E-state index contributed by atoms with van der Waals surface area (Å²) in [7, 11) is 0. The zero-order valence-electron chi connectivity index (χ0n) is 50.6. The lowest BCUT2D eigenvalue weighted by Gasteiger charge is -2.36. The van der Waals surface area contributed by atoms with Gasteiger partial charge < -0.3 is 64.3 Å². The monoisotopic (exact) mass is 1210 g/mol. The number of hydrogen-bond donors (Lipinski definition) is 4. The molecular formula is C64H89N9O12S. The number of piperazine rings is 1. The van der Waals surface area contributed by atoms with E-state index in [1.807, 2.05) is 104 Å². The van der Waals surface area contributed by atoms with Crippen LogP contribution in [0.5, 0.6) is 0 Å². The average molecular weight is 1210 g/mol. The van der Waals surface area contributed by atoms with Gasteiger partial charge in [-0.2, -0.15) is 0 Å². The summed E-state index contributed by atoms with van der Waals surface area (Å²) in [4.78, 5) is 95.8. The van der Waals surface area contributed by atoms with Crippen molar-refractivity contribution in [2.45, 2.75) is 104 Å². The van der Waals surface area contributed by atoms with E-state index < -0.39 is 29.5 Å². The fourth-order valence-electron chi connectivity index (χ4n) is 10.6. The second-order valence-electron chi connectivity index (χ2n) is 23.1. The molecule has 2 aromatic carbocycles. The van der Waals surface area contributed by atoms with E-state index in [4.69, 9.17) is 23.7 Å². The third-order valence-electron chi connectivity index (χ3n) is 15.6. The van der Waals surface area contributed by atoms with Crippen LogP contribution in [0, 0.1) is 18.3 Å². The lowest BCUT2D eigenvalue weighted by atomic mass is 9.85. The van der Waals surface area contributed by atoms with Gasteiger partial charge in [-0.1, -0.05) is 63.9 Å². The van der Waals surface area contributed by atoms with Crippen LogP contribution in [0.2, 0.25) is 0 Å². The largest absolute Gasteiger partial charge is 0.391 e. The number of unbranched alkanes of at least 4 members (excludes halogenated alkanes) is 1. The maximum atomic E-state index is 14.0. The van der Waals surface area contributed by atoms with Crippen molar-refractivity contribution >= 4 is 58.5 Å². The van der Waals surface area contributed by atoms with Gasteiger partial charge in [-0.05, 0) is 90.6 Å². The number of β-amino-alcohol motifs (C(OH)–C–C–N with tert-alkyl or cyclic N) is 1. The summed E-state index contributed by atoms with van der Waals surface area (Å²) in [5, 5.41) is 19.3. The number of nitrogens with zero attached hydrogens (tertiary/aromatic N) is 6. The van der Waals surface area contributed by atoms with Gasteiger partial charge in [0, 0.05) is 101 Å². The smallest absolute Gasteiger partial charge is 0.253 e. The molecular weight excluding hydrogens is 1120 g/mol. The number of ether oxygens (including phenoxy) is 5. The Morgan fingerprint density at radius 3 is 2.00 bits per heavy atom. The number of hydrogen-bond acceptors (Lipinski definition) is 16. The summed E-state index contributed by atoms with van der Waals surface area (Å²) in [5.41, 5.74) is 6.65. The van der Waals surface area contributed by atoms with E-state index in [1.54, 1.807) is 35.9 Å². The molecule has 468 valence electrons. The van der Waals surface area contributed by atoms with Crippen molar-refractivity contribution in [3.05, 3.63) is 107 Å². The van der Waals surface area contributed by atoms with Gasteiger partial charge in [-0.25, -0.2) is 4.98 Å². The van der Waals surface area contributed by atoms with Crippen LogP contribution in [0.3, 0.4) is 0 Å². The summed E-state index contributed by atoms with van der Waals surface area (Å²) in [5.74, 6) is -0.549. The number of aromatic nitrogens is 2. The van der Waals surface area contributed by atoms with Crippen LogP contribution in [0.4, 0.5) is 5.69 Å². The van der Waals surface area contributed by atoms with Gasteiger partial charge >= 0.3 is 0 Å². The highest BCUT2D eigenvalue weighted by Crippen LogP contribution is 2.29. The van der Waals surface area contributed by atoms with Crippen LogP contribution in [-0.2, 0) is 54.2 Å².